The number of rotatable bonds is 4. The fourth-order valence-corrected chi connectivity index (χ4v) is 3.76. The Morgan fingerprint density at radius 2 is 1.63 bits per heavy atom. The first-order valence-corrected chi connectivity index (χ1v) is 9.16. The Morgan fingerprint density at radius 1 is 0.963 bits per heavy atom. The molecular weight excluding hydrogens is 338 g/mol. The summed E-state index contributed by atoms with van der Waals surface area (Å²) in [5.41, 5.74) is 7.03. The van der Waals surface area contributed by atoms with E-state index in [0.717, 1.165) is 41.0 Å². The summed E-state index contributed by atoms with van der Waals surface area (Å²) >= 11 is 0. The largest absolute Gasteiger partial charge is 0.497 e. The Kier molecular flexibility index (Phi) is 4.63. The van der Waals surface area contributed by atoms with E-state index in [1.54, 1.807) is 19.2 Å². The van der Waals surface area contributed by atoms with Crippen LogP contribution >= 0.6 is 0 Å². The minimum absolute atomic E-state index is 0.294. The number of aromatic nitrogens is 1. The van der Waals surface area contributed by atoms with Gasteiger partial charge in [-0.25, -0.2) is 4.79 Å². The van der Waals surface area contributed by atoms with Crippen LogP contribution in [0.25, 0.3) is 22.4 Å². The number of carbonyl (C=O) groups is 1. The summed E-state index contributed by atoms with van der Waals surface area (Å²) in [6, 6.07) is 15.0. The van der Waals surface area contributed by atoms with E-state index in [2.05, 4.69) is 0 Å². The second-order valence-electron chi connectivity index (χ2n) is 6.80. The highest BCUT2D eigenvalue weighted by molar-refractivity contribution is 5.90. The lowest BCUT2D eigenvalue weighted by atomic mass is 9.84. The fraction of sp³-hybridized carbons (Fsp3) is 0.217. The number of aromatic carboxylic acids is 1. The van der Waals surface area contributed by atoms with Crippen molar-refractivity contribution in [2.75, 3.05) is 7.11 Å². The molecule has 136 valence electrons. The lowest BCUT2D eigenvalue weighted by molar-refractivity contribution is 0.0697. The second-order valence-corrected chi connectivity index (χ2v) is 6.80. The van der Waals surface area contributed by atoms with Gasteiger partial charge in [-0.1, -0.05) is 12.1 Å². The Hall–Kier alpha value is -3.14. The Bertz CT molecular complexity index is 976. The van der Waals surface area contributed by atoms with E-state index in [1.807, 2.05) is 42.6 Å². The summed E-state index contributed by atoms with van der Waals surface area (Å²) in [5.74, 6) is -0.103. The highest BCUT2D eigenvalue weighted by Gasteiger charge is 2.20. The Morgan fingerprint density at radius 3 is 2.30 bits per heavy atom. The van der Waals surface area contributed by atoms with E-state index in [1.165, 1.54) is 24.0 Å². The lowest BCUT2D eigenvalue weighted by Gasteiger charge is -2.22. The molecule has 0 amide bonds. The fourth-order valence-electron chi connectivity index (χ4n) is 3.76. The number of hydrogen-bond donors (Lipinski definition) is 1. The summed E-state index contributed by atoms with van der Waals surface area (Å²) in [4.78, 5) is 16.0. The standard InChI is InChI=1S/C23H21NO3/c1-27-19-12-10-16(11-13-19)22-21(15-6-8-17(9-7-15)23(25)26)20-5-3-2-4-18(20)14-24-22/h6-14H,2-5H2,1H3,(H,25,26). The number of hydrogen-bond acceptors (Lipinski definition) is 3. The van der Waals surface area contributed by atoms with Gasteiger partial charge in [0.2, 0.25) is 0 Å². The molecule has 1 aliphatic carbocycles. The van der Waals surface area contributed by atoms with Gasteiger partial charge in [0.25, 0.3) is 0 Å². The number of nitrogens with zero attached hydrogens (tertiary/aromatic N) is 1. The van der Waals surface area contributed by atoms with E-state index in [0.29, 0.717) is 5.56 Å². The summed E-state index contributed by atoms with van der Waals surface area (Å²) in [7, 11) is 1.65. The molecule has 0 radical (unpaired) electrons. The molecular formula is C23H21NO3. The van der Waals surface area contributed by atoms with Crippen LogP contribution in [0.15, 0.2) is 54.7 Å². The minimum atomic E-state index is -0.912. The molecule has 0 aliphatic heterocycles. The van der Waals surface area contributed by atoms with Crippen molar-refractivity contribution in [1.29, 1.82) is 0 Å². The smallest absolute Gasteiger partial charge is 0.335 e. The van der Waals surface area contributed by atoms with Gasteiger partial charge in [-0.15, -0.1) is 0 Å². The van der Waals surface area contributed by atoms with Gasteiger partial charge >= 0.3 is 5.97 Å². The second kappa shape index (κ2) is 7.23. The molecule has 0 saturated carbocycles. The monoisotopic (exact) mass is 359 g/mol. The number of benzene rings is 2. The van der Waals surface area contributed by atoms with Crippen LogP contribution in [0, 0.1) is 0 Å². The third kappa shape index (κ3) is 3.31. The van der Waals surface area contributed by atoms with Crippen LogP contribution in [-0.4, -0.2) is 23.2 Å². The maximum atomic E-state index is 11.2. The molecule has 0 atom stereocenters. The minimum Gasteiger partial charge on any atom is -0.497 e. The molecule has 0 spiro atoms. The van der Waals surface area contributed by atoms with Crippen molar-refractivity contribution in [3.8, 4) is 28.1 Å². The third-order valence-corrected chi connectivity index (χ3v) is 5.18. The highest BCUT2D eigenvalue weighted by atomic mass is 16.5. The number of fused-ring (bicyclic) bond motifs is 1. The van der Waals surface area contributed by atoms with Crippen LogP contribution in [-0.2, 0) is 12.8 Å². The summed E-state index contributed by atoms with van der Waals surface area (Å²) in [6.07, 6.45) is 6.43. The van der Waals surface area contributed by atoms with Crippen molar-refractivity contribution < 1.29 is 14.6 Å². The summed E-state index contributed by atoms with van der Waals surface area (Å²) in [5, 5.41) is 9.20. The molecule has 0 bridgehead atoms. The lowest BCUT2D eigenvalue weighted by Crippen LogP contribution is -2.07. The predicted molar refractivity (Wildman–Crippen MR) is 105 cm³/mol. The first kappa shape index (κ1) is 17.3. The number of ether oxygens (including phenoxy) is 1. The zero-order valence-electron chi connectivity index (χ0n) is 15.2. The van der Waals surface area contributed by atoms with Gasteiger partial charge in [-0.2, -0.15) is 0 Å². The van der Waals surface area contributed by atoms with Gasteiger partial charge in [-0.3, -0.25) is 4.98 Å². The number of methoxy groups -OCH3 is 1. The molecule has 1 aromatic heterocycles. The molecule has 4 rings (SSSR count). The van der Waals surface area contributed by atoms with Gasteiger partial charge in [0, 0.05) is 17.3 Å². The van der Waals surface area contributed by atoms with E-state index >= 15 is 0 Å². The van der Waals surface area contributed by atoms with Gasteiger partial charge in [0.1, 0.15) is 5.75 Å². The molecule has 4 heteroatoms. The van der Waals surface area contributed by atoms with Crippen molar-refractivity contribution in [2.45, 2.75) is 25.7 Å². The zero-order valence-corrected chi connectivity index (χ0v) is 15.2. The van der Waals surface area contributed by atoms with E-state index in [-0.39, 0.29) is 0 Å². The van der Waals surface area contributed by atoms with Crippen molar-refractivity contribution in [2.24, 2.45) is 0 Å². The normalized spacial score (nSPS) is 13.1. The molecule has 3 aromatic rings. The van der Waals surface area contributed by atoms with Crippen molar-refractivity contribution in [1.82, 2.24) is 4.98 Å². The number of carboxylic acids is 1. The summed E-state index contributed by atoms with van der Waals surface area (Å²) in [6.45, 7) is 0. The first-order chi connectivity index (χ1) is 13.2. The molecule has 0 saturated heterocycles. The average molecular weight is 359 g/mol. The topological polar surface area (TPSA) is 59.4 Å². The van der Waals surface area contributed by atoms with Crippen molar-refractivity contribution in [3.63, 3.8) is 0 Å². The van der Waals surface area contributed by atoms with Crippen LogP contribution in [0.4, 0.5) is 0 Å². The molecule has 27 heavy (non-hydrogen) atoms. The predicted octanol–water partition coefficient (Wildman–Crippen LogP) is 5.00. The van der Waals surface area contributed by atoms with E-state index in [4.69, 9.17) is 9.72 Å². The average Bonchev–Trinajstić information content (AvgIpc) is 2.73. The SMILES string of the molecule is COc1ccc(-c2ncc3c(c2-c2ccc(C(=O)O)cc2)CCCC3)cc1. The van der Waals surface area contributed by atoms with Crippen LogP contribution in [0.1, 0.15) is 34.3 Å². The van der Waals surface area contributed by atoms with Crippen molar-refractivity contribution >= 4 is 5.97 Å². The molecule has 1 N–H and O–H groups in total. The van der Waals surface area contributed by atoms with Crippen LogP contribution in [0.5, 0.6) is 5.75 Å². The van der Waals surface area contributed by atoms with Crippen LogP contribution in [0.3, 0.4) is 0 Å². The number of pyridine rings is 1. The quantitative estimate of drug-likeness (QED) is 0.712. The third-order valence-electron chi connectivity index (χ3n) is 5.18. The maximum Gasteiger partial charge on any atom is 0.335 e. The van der Waals surface area contributed by atoms with Crippen LogP contribution in [0.2, 0.25) is 0 Å². The van der Waals surface area contributed by atoms with Gasteiger partial charge in [0.15, 0.2) is 0 Å². The molecule has 4 nitrogen and oxygen atoms in total. The van der Waals surface area contributed by atoms with Gasteiger partial charge < -0.3 is 9.84 Å². The molecule has 1 aliphatic rings. The number of carboxylic acid groups (broad SMARTS) is 1. The molecule has 2 aromatic carbocycles. The van der Waals surface area contributed by atoms with E-state index in [9.17, 15) is 9.90 Å². The highest BCUT2D eigenvalue weighted by Crippen LogP contribution is 2.38. The van der Waals surface area contributed by atoms with Crippen LogP contribution < -0.4 is 4.74 Å². The summed E-state index contributed by atoms with van der Waals surface area (Å²) < 4.78 is 5.27. The Labute approximate surface area is 158 Å². The zero-order chi connectivity index (χ0) is 18.8. The molecule has 0 fully saturated rings. The van der Waals surface area contributed by atoms with E-state index < -0.39 is 5.97 Å². The van der Waals surface area contributed by atoms with Gasteiger partial charge in [-0.05, 0) is 78.8 Å². The number of aryl methyl sites for hydroxylation is 1. The maximum absolute atomic E-state index is 11.2. The molecule has 0 unspecified atom stereocenters. The Balaban J connectivity index is 1.89. The molecule has 1 heterocycles. The van der Waals surface area contributed by atoms with Crippen molar-refractivity contribution in [3.05, 3.63) is 71.4 Å². The van der Waals surface area contributed by atoms with Gasteiger partial charge in [0.05, 0.1) is 18.4 Å². The first-order valence-electron chi connectivity index (χ1n) is 9.16.